The Morgan fingerprint density at radius 3 is 2.27 bits per heavy atom. The molecule has 0 saturated carbocycles. The van der Waals surface area contributed by atoms with Gasteiger partial charge in [-0.3, -0.25) is 4.79 Å². The fraction of sp³-hybridized carbons (Fsp3) is 0.278. The molecule has 0 unspecified atom stereocenters. The molecule has 2 aromatic rings. The van der Waals surface area contributed by atoms with Gasteiger partial charge in [0.15, 0.2) is 0 Å². The van der Waals surface area contributed by atoms with Gasteiger partial charge in [0.05, 0.1) is 26.7 Å². The lowest BCUT2D eigenvalue weighted by Crippen LogP contribution is -2.08. The van der Waals surface area contributed by atoms with Gasteiger partial charge in [-0.25, -0.2) is 0 Å². The molecule has 0 aliphatic heterocycles. The minimum Gasteiger partial charge on any atom is -0.497 e. The van der Waals surface area contributed by atoms with Crippen molar-refractivity contribution in [3.05, 3.63) is 65.7 Å². The first-order chi connectivity index (χ1) is 10.8. The van der Waals surface area contributed by atoms with E-state index in [0.29, 0.717) is 13.2 Å². The van der Waals surface area contributed by atoms with Crippen LogP contribution in [0.4, 0.5) is 0 Å². The van der Waals surface area contributed by atoms with Gasteiger partial charge in [-0.2, -0.15) is 0 Å². The summed E-state index contributed by atoms with van der Waals surface area (Å²) in [6.07, 6.45) is 0.253. The van der Waals surface area contributed by atoms with Gasteiger partial charge in [-0.1, -0.05) is 42.5 Å². The van der Waals surface area contributed by atoms with Crippen LogP contribution in [0.15, 0.2) is 54.6 Å². The number of rotatable bonds is 8. The number of methoxy groups -OCH3 is 1. The van der Waals surface area contributed by atoms with Gasteiger partial charge in [0, 0.05) is 0 Å². The van der Waals surface area contributed by atoms with E-state index in [2.05, 4.69) is 0 Å². The summed E-state index contributed by atoms with van der Waals surface area (Å²) in [5, 5.41) is 0. The molecule has 0 aromatic heterocycles. The summed E-state index contributed by atoms with van der Waals surface area (Å²) in [7, 11) is 1.62. The smallest absolute Gasteiger partial charge is 0.308 e. The number of hydrogen-bond donors (Lipinski definition) is 0. The molecule has 4 nitrogen and oxygen atoms in total. The highest BCUT2D eigenvalue weighted by Gasteiger charge is 2.04. The predicted molar refractivity (Wildman–Crippen MR) is 83.5 cm³/mol. The molecule has 116 valence electrons. The van der Waals surface area contributed by atoms with Crippen molar-refractivity contribution >= 4 is 5.97 Å². The first-order valence-corrected chi connectivity index (χ1v) is 7.18. The van der Waals surface area contributed by atoms with Gasteiger partial charge < -0.3 is 14.2 Å². The summed E-state index contributed by atoms with van der Waals surface area (Å²) in [5.41, 5.74) is 2.02. The lowest BCUT2D eigenvalue weighted by Gasteiger charge is -2.07. The number of carbonyl (C=O) groups is 1. The largest absolute Gasteiger partial charge is 0.497 e. The van der Waals surface area contributed by atoms with E-state index in [4.69, 9.17) is 14.2 Å². The van der Waals surface area contributed by atoms with Crippen LogP contribution < -0.4 is 4.74 Å². The van der Waals surface area contributed by atoms with Gasteiger partial charge in [0.2, 0.25) is 0 Å². The Morgan fingerprint density at radius 1 is 0.909 bits per heavy atom. The standard InChI is InChI=1S/C18H20O4/c1-20-17-9-7-16(8-10-17)14-22-18(19)11-12-21-13-15-5-3-2-4-6-15/h2-10H,11-14H2,1H3. The highest BCUT2D eigenvalue weighted by atomic mass is 16.5. The Morgan fingerprint density at radius 2 is 1.59 bits per heavy atom. The molecular weight excluding hydrogens is 280 g/mol. The fourth-order valence-corrected chi connectivity index (χ4v) is 1.88. The minimum atomic E-state index is -0.260. The summed E-state index contributed by atoms with van der Waals surface area (Å²) in [4.78, 5) is 11.6. The van der Waals surface area contributed by atoms with Crippen molar-refractivity contribution in [1.29, 1.82) is 0 Å². The van der Waals surface area contributed by atoms with Gasteiger partial charge in [-0.05, 0) is 23.3 Å². The zero-order valence-corrected chi connectivity index (χ0v) is 12.7. The van der Waals surface area contributed by atoms with Crippen LogP contribution >= 0.6 is 0 Å². The van der Waals surface area contributed by atoms with E-state index in [1.807, 2.05) is 54.6 Å². The van der Waals surface area contributed by atoms with Gasteiger partial charge in [-0.15, -0.1) is 0 Å². The van der Waals surface area contributed by atoms with E-state index < -0.39 is 0 Å². The van der Waals surface area contributed by atoms with E-state index in [1.54, 1.807) is 7.11 Å². The normalized spacial score (nSPS) is 10.2. The Hall–Kier alpha value is -2.33. The molecule has 0 spiro atoms. The lowest BCUT2D eigenvalue weighted by molar-refractivity contribution is -0.146. The summed E-state index contributed by atoms with van der Waals surface area (Å²) in [5.74, 6) is 0.522. The van der Waals surface area contributed by atoms with Crippen molar-refractivity contribution < 1.29 is 19.0 Å². The zero-order chi connectivity index (χ0) is 15.6. The van der Waals surface area contributed by atoms with E-state index in [-0.39, 0.29) is 19.0 Å². The summed E-state index contributed by atoms with van der Waals surface area (Å²) < 4.78 is 15.7. The average Bonchev–Trinajstić information content (AvgIpc) is 2.58. The van der Waals surface area contributed by atoms with E-state index in [0.717, 1.165) is 16.9 Å². The minimum absolute atomic E-state index is 0.253. The Kier molecular flexibility index (Phi) is 6.45. The maximum atomic E-state index is 11.6. The highest BCUT2D eigenvalue weighted by molar-refractivity contribution is 5.69. The molecule has 2 rings (SSSR count). The molecule has 22 heavy (non-hydrogen) atoms. The van der Waals surface area contributed by atoms with Crippen LogP contribution in [-0.4, -0.2) is 19.7 Å². The molecule has 0 N–H and O–H groups in total. The van der Waals surface area contributed by atoms with Crippen molar-refractivity contribution in [2.75, 3.05) is 13.7 Å². The molecule has 0 aliphatic rings. The van der Waals surface area contributed by atoms with Gasteiger partial charge >= 0.3 is 5.97 Å². The summed E-state index contributed by atoms with van der Waals surface area (Å²) in [6, 6.07) is 17.3. The molecule has 0 fully saturated rings. The molecule has 0 amide bonds. The van der Waals surface area contributed by atoms with Crippen LogP contribution in [0.5, 0.6) is 5.75 Å². The molecule has 4 heteroatoms. The van der Waals surface area contributed by atoms with Crippen LogP contribution in [0.3, 0.4) is 0 Å². The number of hydrogen-bond acceptors (Lipinski definition) is 4. The van der Waals surface area contributed by atoms with Crippen molar-refractivity contribution in [3.63, 3.8) is 0 Å². The zero-order valence-electron chi connectivity index (χ0n) is 12.7. The van der Waals surface area contributed by atoms with Crippen LogP contribution in [-0.2, 0) is 27.5 Å². The van der Waals surface area contributed by atoms with E-state index >= 15 is 0 Å². The van der Waals surface area contributed by atoms with Crippen molar-refractivity contribution in [3.8, 4) is 5.75 Å². The molecule has 0 atom stereocenters. The SMILES string of the molecule is COc1ccc(COC(=O)CCOCc2ccccc2)cc1. The average molecular weight is 300 g/mol. The van der Waals surface area contributed by atoms with E-state index in [9.17, 15) is 4.79 Å². The number of esters is 1. The van der Waals surface area contributed by atoms with Crippen molar-refractivity contribution in [1.82, 2.24) is 0 Å². The van der Waals surface area contributed by atoms with E-state index in [1.165, 1.54) is 0 Å². The third kappa shape index (κ3) is 5.58. The molecular formula is C18H20O4. The Balaban J connectivity index is 1.61. The number of ether oxygens (including phenoxy) is 3. The fourth-order valence-electron chi connectivity index (χ4n) is 1.88. The monoisotopic (exact) mass is 300 g/mol. The predicted octanol–water partition coefficient (Wildman–Crippen LogP) is 3.35. The second-order valence-corrected chi connectivity index (χ2v) is 4.80. The van der Waals surface area contributed by atoms with Crippen molar-refractivity contribution in [2.45, 2.75) is 19.6 Å². The summed E-state index contributed by atoms with van der Waals surface area (Å²) in [6.45, 7) is 1.13. The lowest BCUT2D eigenvalue weighted by atomic mass is 10.2. The van der Waals surface area contributed by atoms with Crippen molar-refractivity contribution in [2.24, 2.45) is 0 Å². The quantitative estimate of drug-likeness (QED) is 0.554. The topological polar surface area (TPSA) is 44.8 Å². The number of carbonyl (C=O) groups excluding carboxylic acids is 1. The Bertz CT molecular complexity index is 563. The third-order valence-corrected chi connectivity index (χ3v) is 3.12. The molecule has 2 aromatic carbocycles. The van der Waals surface area contributed by atoms with Crippen LogP contribution in [0, 0.1) is 0 Å². The first-order valence-electron chi connectivity index (χ1n) is 7.18. The number of benzene rings is 2. The van der Waals surface area contributed by atoms with Crippen LogP contribution in [0.1, 0.15) is 17.5 Å². The van der Waals surface area contributed by atoms with Crippen LogP contribution in [0.2, 0.25) is 0 Å². The first kappa shape index (κ1) is 16.0. The second-order valence-electron chi connectivity index (χ2n) is 4.80. The Labute approximate surface area is 130 Å². The van der Waals surface area contributed by atoms with Crippen LogP contribution in [0.25, 0.3) is 0 Å². The molecule has 0 aliphatic carbocycles. The van der Waals surface area contributed by atoms with Gasteiger partial charge in [0.25, 0.3) is 0 Å². The molecule has 0 radical (unpaired) electrons. The second kappa shape index (κ2) is 8.85. The molecule has 0 heterocycles. The molecule has 0 bridgehead atoms. The molecule has 0 saturated heterocycles. The highest BCUT2D eigenvalue weighted by Crippen LogP contribution is 2.12. The third-order valence-electron chi connectivity index (χ3n) is 3.12. The maximum Gasteiger partial charge on any atom is 0.308 e. The van der Waals surface area contributed by atoms with Gasteiger partial charge in [0.1, 0.15) is 12.4 Å². The maximum absolute atomic E-state index is 11.6. The summed E-state index contributed by atoms with van der Waals surface area (Å²) >= 11 is 0.